The molecule has 0 amide bonds. The number of rotatable bonds is 9. The summed E-state index contributed by atoms with van der Waals surface area (Å²) >= 11 is 0. The van der Waals surface area contributed by atoms with E-state index in [1.54, 1.807) is 0 Å². The predicted molar refractivity (Wildman–Crippen MR) is 116 cm³/mol. The average molecular weight is 388 g/mol. The monoisotopic (exact) mass is 387 g/mol. The highest BCUT2D eigenvalue weighted by molar-refractivity contribution is 7.27. The summed E-state index contributed by atoms with van der Waals surface area (Å²) in [5.41, 5.74) is 3.69. The van der Waals surface area contributed by atoms with Crippen molar-refractivity contribution < 1.29 is 4.74 Å². The molecule has 1 N–H and O–H groups in total. The van der Waals surface area contributed by atoms with Crippen LogP contribution in [0.2, 0.25) is 0 Å². The second-order valence-electron chi connectivity index (χ2n) is 7.61. The zero-order valence-electron chi connectivity index (χ0n) is 16.8. The molecule has 1 aromatic carbocycles. The largest absolute Gasteiger partial charge is 0.473 e. The van der Waals surface area contributed by atoms with Crippen molar-refractivity contribution in [3.05, 3.63) is 41.1 Å². The van der Waals surface area contributed by atoms with Gasteiger partial charge in [0, 0.05) is 19.2 Å². The molecule has 1 saturated carbocycles. The minimum absolute atomic E-state index is 0.600. The Balaban J connectivity index is 1.73. The molecule has 1 heterocycles. The second kappa shape index (κ2) is 10.2. The molecule has 0 saturated heterocycles. The smallest absolute Gasteiger partial charge is 0.212 e. The molecule has 4 nitrogen and oxygen atoms in total. The average Bonchev–Trinajstić information content (AvgIpc) is 3.07. The third-order valence-electron chi connectivity index (χ3n) is 5.49. The molecule has 0 radical (unpaired) electrons. The standard InChI is InChI=1S/C22H34N3OP/c1-3-18-10-11-21(27)12-19(18)16-26-22-13-20(14-23-4-2)24-25(22)15-17-8-6-5-7-9-17/h10-13,17,23H,3-9,14-16,27H2,1-2H3. The van der Waals surface area contributed by atoms with Crippen molar-refractivity contribution in [2.45, 2.75) is 72.1 Å². The summed E-state index contributed by atoms with van der Waals surface area (Å²) < 4.78 is 8.40. The minimum atomic E-state index is 0.600. The summed E-state index contributed by atoms with van der Waals surface area (Å²) in [5.74, 6) is 1.64. The Hall–Kier alpha value is -1.38. The molecule has 1 atom stereocenters. The molecule has 0 bridgehead atoms. The van der Waals surface area contributed by atoms with E-state index in [1.807, 2.05) is 0 Å². The fraction of sp³-hybridized carbons (Fsp3) is 0.591. The van der Waals surface area contributed by atoms with Crippen LogP contribution in [-0.4, -0.2) is 16.3 Å². The van der Waals surface area contributed by atoms with E-state index in [0.29, 0.717) is 6.61 Å². The van der Waals surface area contributed by atoms with Crippen LogP contribution < -0.4 is 15.4 Å². The molecular weight excluding hydrogens is 353 g/mol. The lowest BCUT2D eigenvalue weighted by molar-refractivity contribution is 0.244. The van der Waals surface area contributed by atoms with Gasteiger partial charge in [0.25, 0.3) is 0 Å². The van der Waals surface area contributed by atoms with Gasteiger partial charge in [0.1, 0.15) is 6.61 Å². The van der Waals surface area contributed by atoms with Crippen LogP contribution in [-0.2, 0) is 26.1 Å². The van der Waals surface area contributed by atoms with Crippen LogP contribution in [0.15, 0.2) is 24.3 Å². The number of aryl methyl sites for hydroxylation is 1. The number of hydrogen-bond acceptors (Lipinski definition) is 3. The molecule has 1 fully saturated rings. The highest BCUT2D eigenvalue weighted by Gasteiger charge is 2.18. The van der Waals surface area contributed by atoms with Gasteiger partial charge in [-0.3, -0.25) is 0 Å². The van der Waals surface area contributed by atoms with E-state index >= 15 is 0 Å². The van der Waals surface area contributed by atoms with Crippen LogP contribution in [0.1, 0.15) is 62.8 Å². The van der Waals surface area contributed by atoms with E-state index < -0.39 is 0 Å². The van der Waals surface area contributed by atoms with Crippen molar-refractivity contribution in [2.75, 3.05) is 6.54 Å². The van der Waals surface area contributed by atoms with Crippen molar-refractivity contribution in [3.63, 3.8) is 0 Å². The Kier molecular flexibility index (Phi) is 7.72. The molecule has 1 unspecified atom stereocenters. The lowest BCUT2D eigenvalue weighted by Gasteiger charge is -2.22. The van der Waals surface area contributed by atoms with Crippen LogP contribution in [0, 0.1) is 5.92 Å². The van der Waals surface area contributed by atoms with Gasteiger partial charge in [0.05, 0.1) is 5.69 Å². The summed E-state index contributed by atoms with van der Waals surface area (Å²) in [7, 11) is 2.78. The Bertz CT molecular complexity index is 722. The maximum atomic E-state index is 6.29. The van der Waals surface area contributed by atoms with Gasteiger partial charge in [0.2, 0.25) is 5.88 Å². The van der Waals surface area contributed by atoms with Gasteiger partial charge in [-0.15, -0.1) is 9.24 Å². The first-order valence-electron chi connectivity index (χ1n) is 10.5. The number of aromatic nitrogens is 2. The number of nitrogens with zero attached hydrogens (tertiary/aromatic N) is 2. The quantitative estimate of drug-likeness (QED) is 0.655. The van der Waals surface area contributed by atoms with E-state index in [4.69, 9.17) is 9.84 Å². The second-order valence-corrected chi connectivity index (χ2v) is 8.28. The van der Waals surface area contributed by atoms with Gasteiger partial charge >= 0.3 is 0 Å². The Morgan fingerprint density at radius 3 is 2.70 bits per heavy atom. The van der Waals surface area contributed by atoms with Gasteiger partial charge < -0.3 is 10.1 Å². The van der Waals surface area contributed by atoms with Crippen LogP contribution in [0.3, 0.4) is 0 Å². The van der Waals surface area contributed by atoms with Crippen molar-refractivity contribution >= 4 is 14.5 Å². The normalized spacial score (nSPS) is 15.2. The molecule has 1 aliphatic rings. The van der Waals surface area contributed by atoms with Crippen LogP contribution in [0.25, 0.3) is 0 Å². The zero-order chi connectivity index (χ0) is 19.1. The first-order valence-corrected chi connectivity index (χ1v) is 11.0. The molecule has 0 aliphatic heterocycles. The van der Waals surface area contributed by atoms with E-state index in [-0.39, 0.29) is 0 Å². The minimum Gasteiger partial charge on any atom is -0.473 e. The van der Waals surface area contributed by atoms with Gasteiger partial charge in [-0.05, 0) is 54.2 Å². The number of benzene rings is 1. The third-order valence-corrected chi connectivity index (χ3v) is 5.85. The molecule has 1 aromatic heterocycles. The topological polar surface area (TPSA) is 39.1 Å². The molecule has 5 heteroatoms. The van der Waals surface area contributed by atoms with E-state index in [2.05, 4.69) is 57.4 Å². The molecule has 0 spiro atoms. The molecule has 2 aromatic rings. The molecule has 148 valence electrons. The number of hydrogen-bond donors (Lipinski definition) is 1. The summed E-state index contributed by atoms with van der Waals surface area (Å²) in [6.07, 6.45) is 7.75. The van der Waals surface area contributed by atoms with Gasteiger partial charge in [-0.25, -0.2) is 4.68 Å². The summed E-state index contributed by atoms with van der Waals surface area (Å²) in [4.78, 5) is 0. The third kappa shape index (κ3) is 5.80. The fourth-order valence-electron chi connectivity index (χ4n) is 3.93. The Morgan fingerprint density at radius 1 is 1.15 bits per heavy atom. The molecular formula is C22H34N3OP. The van der Waals surface area contributed by atoms with Crippen LogP contribution >= 0.6 is 9.24 Å². The van der Waals surface area contributed by atoms with E-state index in [9.17, 15) is 0 Å². The van der Waals surface area contributed by atoms with Crippen molar-refractivity contribution in [2.24, 2.45) is 5.92 Å². The summed E-state index contributed by atoms with van der Waals surface area (Å²) in [6, 6.07) is 8.68. The van der Waals surface area contributed by atoms with E-state index in [1.165, 1.54) is 48.5 Å². The molecule has 3 rings (SSSR count). The Morgan fingerprint density at radius 2 is 1.96 bits per heavy atom. The van der Waals surface area contributed by atoms with Gasteiger partial charge in [0.15, 0.2) is 0 Å². The fourth-order valence-corrected chi connectivity index (χ4v) is 4.23. The van der Waals surface area contributed by atoms with Gasteiger partial charge in [-0.2, -0.15) is 5.10 Å². The van der Waals surface area contributed by atoms with Crippen molar-refractivity contribution in [3.8, 4) is 5.88 Å². The van der Waals surface area contributed by atoms with Crippen LogP contribution in [0.5, 0.6) is 5.88 Å². The highest BCUT2D eigenvalue weighted by Crippen LogP contribution is 2.27. The summed E-state index contributed by atoms with van der Waals surface area (Å²) in [6.45, 7) is 7.65. The Labute approximate surface area is 166 Å². The van der Waals surface area contributed by atoms with Crippen molar-refractivity contribution in [1.29, 1.82) is 0 Å². The SMILES string of the molecule is CCNCc1cc(OCc2cc(P)ccc2CC)n(CC2CCCCC2)n1. The molecule has 27 heavy (non-hydrogen) atoms. The van der Waals surface area contributed by atoms with E-state index in [0.717, 1.165) is 43.5 Å². The van der Waals surface area contributed by atoms with Crippen LogP contribution in [0.4, 0.5) is 0 Å². The molecule has 1 aliphatic carbocycles. The number of ether oxygens (including phenoxy) is 1. The first kappa shape index (κ1) is 20.4. The maximum absolute atomic E-state index is 6.29. The van der Waals surface area contributed by atoms with Gasteiger partial charge in [-0.1, -0.05) is 45.2 Å². The zero-order valence-corrected chi connectivity index (χ0v) is 18.0. The predicted octanol–water partition coefficient (Wildman–Crippen LogP) is 4.21. The first-order chi connectivity index (χ1) is 13.2. The number of nitrogens with one attached hydrogen (secondary N) is 1. The maximum Gasteiger partial charge on any atom is 0.212 e. The highest BCUT2D eigenvalue weighted by atomic mass is 31.0. The van der Waals surface area contributed by atoms with Crippen molar-refractivity contribution in [1.82, 2.24) is 15.1 Å². The lowest BCUT2D eigenvalue weighted by Crippen LogP contribution is -2.17. The summed E-state index contributed by atoms with van der Waals surface area (Å²) in [5, 5.41) is 9.42. The lowest BCUT2D eigenvalue weighted by atomic mass is 9.89.